The Morgan fingerprint density at radius 2 is 1.64 bits per heavy atom. The molecule has 1 saturated heterocycles. The van der Waals surface area contributed by atoms with Gasteiger partial charge in [-0.1, -0.05) is 6.92 Å². The molecule has 0 atom stereocenters. The summed E-state index contributed by atoms with van der Waals surface area (Å²) in [5, 5.41) is 0. The van der Waals surface area contributed by atoms with Crippen molar-refractivity contribution in [3.05, 3.63) is 0 Å². The molecule has 2 aliphatic rings. The van der Waals surface area contributed by atoms with Gasteiger partial charge in [0.15, 0.2) is 0 Å². The highest BCUT2D eigenvalue weighted by atomic mass is 16.2. The van der Waals surface area contributed by atoms with Crippen LogP contribution in [0.15, 0.2) is 0 Å². The Hall–Kier alpha value is -0.530. The van der Waals surface area contributed by atoms with Gasteiger partial charge in [-0.25, -0.2) is 0 Å². The fraction of sp³-hybridized carbons (Fsp3) is 0.917. The largest absolute Gasteiger partial charge is 0.342 e. The quantitative estimate of drug-likeness (QED) is 0.629. The molecule has 0 unspecified atom stereocenters. The summed E-state index contributed by atoms with van der Waals surface area (Å²) < 4.78 is 0. The van der Waals surface area contributed by atoms with Crippen LogP contribution in [-0.2, 0) is 4.79 Å². The van der Waals surface area contributed by atoms with Gasteiger partial charge in [0.25, 0.3) is 0 Å². The molecule has 14 heavy (non-hydrogen) atoms. The summed E-state index contributed by atoms with van der Waals surface area (Å²) in [5.74, 6) is 1.66. The number of rotatable bonds is 1. The molecule has 1 heterocycles. The van der Waals surface area contributed by atoms with E-state index in [1.165, 1.54) is 25.7 Å². The van der Waals surface area contributed by atoms with Crippen LogP contribution in [0.1, 0.15) is 45.4 Å². The zero-order chi connectivity index (χ0) is 9.97. The first kappa shape index (κ1) is 10.0. The van der Waals surface area contributed by atoms with E-state index < -0.39 is 0 Å². The Balaban J connectivity index is 1.85. The van der Waals surface area contributed by atoms with Crippen LogP contribution in [0.25, 0.3) is 0 Å². The van der Waals surface area contributed by atoms with Gasteiger partial charge >= 0.3 is 0 Å². The Labute approximate surface area is 86.7 Å². The zero-order valence-corrected chi connectivity index (χ0v) is 9.17. The number of nitrogens with zero attached hydrogens (tertiary/aromatic N) is 1. The molecule has 1 aliphatic carbocycles. The normalized spacial score (nSPS) is 33.4. The van der Waals surface area contributed by atoms with Crippen molar-refractivity contribution < 1.29 is 4.79 Å². The molecule has 2 nitrogen and oxygen atoms in total. The maximum atomic E-state index is 12.0. The third-order valence-electron chi connectivity index (χ3n) is 3.78. The lowest BCUT2D eigenvalue weighted by Crippen LogP contribution is -2.35. The smallest absolute Gasteiger partial charge is 0.225 e. The van der Waals surface area contributed by atoms with Crippen LogP contribution in [-0.4, -0.2) is 23.9 Å². The van der Waals surface area contributed by atoms with Crippen LogP contribution in [0.4, 0.5) is 0 Å². The van der Waals surface area contributed by atoms with Crippen molar-refractivity contribution in [2.45, 2.75) is 45.4 Å². The van der Waals surface area contributed by atoms with E-state index in [-0.39, 0.29) is 0 Å². The van der Waals surface area contributed by atoms with E-state index in [1.54, 1.807) is 0 Å². The van der Waals surface area contributed by atoms with Crippen LogP contribution in [0, 0.1) is 11.8 Å². The standard InChI is InChI=1S/C12H21NO/c1-10-4-6-11(7-5-10)12(14)13-8-2-3-9-13/h10-11H,2-9H2,1H3. The van der Waals surface area contributed by atoms with E-state index in [0.717, 1.165) is 31.8 Å². The monoisotopic (exact) mass is 195 g/mol. The Morgan fingerprint density at radius 3 is 2.21 bits per heavy atom. The fourth-order valence-corrected chi connectivity index (χ4v) is 2.70. The molecule has 0 aromatic carbocycles. The minimum absolute atomic E-state index is 0.365. The molecule has 2 rings (SSSR count). The average molecular weight is 195 g/mol. The van der Waals surface area contributed by atoms with Gasteiger partial charge in [-0.3, -0.25) is 4.79 Å². The predicted molar refractivity (Wildman–Crippen MR) is 56.9 cm³/mol. The highest BCUT2D eigenvalue weighted by molar-refractivity contribution is 5.79. The lowest BCUT2D eigenvalue weighted by molar-refractivity contribution is -0.135. The molecule has 0 bridgehead atoms. The molecule has 1 aliphatic heterocycles. The molecule has 1 amide bonds. The second-order valence-corrected chi connectivity index (χ2v) is 4.99. The van der Waals surface area contributed by atoms with E-state index in [0.29, 0.717) is 11.8 Å². The Morgan fingerprint density at radius 1 is 1.07 bits per heavy atom. The Bertz CT molecular complexity index is 200. The van der Waals surface area contributed by atoms with Crippen molar-refractivity contribution >= 4 is 5.91 Å². The van der Waals surface area contributed by atoms with E-state index in [1.807, 2.05) is 0 Å². The van der Waals surface area contributed by atoms with E-state index in [4.69, 9.17) is 0 Å². The van der Waals surface area contributed by atoms with Crippen molar-refractivity contribution in [2.24, 2.45) is 11.8 Å². The minimum Gasteiger partial charge on any atom is -0.342 e. The highest BCUT2D eigenvalue weighted by Crippen LogP contribution is 2.30. The molecular weight excluding hydrogens is 174 g/mol. The van der Waals surface area contributed by atoms with Gasteiger partial charge < -0.3 is 4.90 Å². The van der Waals surface area contributed by atoms with Gasteiger partial charge in [-0.2, -0.15) is 0 Å². The molecule has 2 fully saturated rings. The molecule has 0 spiro atoms. The summed E-state index contributed by atoms with van der Waals surface area (Å²) in [7, 11) is 0. The number of carbonyl (C=O) groups is 1. The van der Waals surface area contributed by atoms with Crippen LogP contribution in [0.5, 0.6) is 0 Å². The topological polar surface area (TPSA) is 20.3 Å². The highest BCUT2D eigenvalue weighted by Gasteiger charge is 2.29. The lowest BCUT2D eigenvalue weighted by Gasteiger charge is -2.28. The maximum absolute atomic E-state index is 12.0. The summed E-state index contributed by atoms with van der Waals surface area (Å²) in [6.07, 6.45) is 7.21. The van der Waals surface area contributed by atoms with Gasteiger partial charge in [-0.15, -0.1) is 0 Å². The zero-order valence-electron chi connectivity index (χ0n) is 9.17. The third kappa shape index (κ3) is 2.10. The first-order chi connectivity index (χ1) is 6.77. The summed E-state index contributed by atoms with van der Waals surface area (Å²) in [5.41, 5.74) is 0. The molecule has 1 saturated carbocycles. The lowest BCUT2D eigenvalue weighted by atomic mass is 9.82. The third-order valence-corrected chi connectivity index (χ3v) is 3.78. The number of amides is 1. The van der Waals surface area contributed by atoms with E-state index in [2.05, 4.69) is 11.8 Å². The van der Waals surface area contributed by atoms with Crippen molar-refractivity contribution in [1.29, 1.82) is 0 Å². The van der Waals surface area contributed by atoms with Gasteiger partial charge in [-0.05, 0) is 44.4 Å². The first-order valence-corrected chi connectivity index (χ1v) is 6.06. The molecule has 0 N–H and O–H groups in total. The number of hydrogen-bond donors (Lipinski definition) is 0. The predicted octanol–water partition coefficient (Wildman–Crippen LogP) is 2.44. The van der Waals surface area contributed by atoms with Crippen molar-refractivity contribution in [2.75, 3.05) is 13.1 Å². The van der Waals surface area contributed by atoms with Crippen molar-refractivity contribution in [1.82, 2.24) is 4.90 Å². The Kier molecular flexibility index (Phi) is 3.09. The molecule has 0 radical (unpaired) electrons. The average Bonchev–Trinajstić information content (AvgIpc) is 2.71. The van der Waals surface area contributed by atoms with Crippen LogP contribution < -0.4 is 0 Å². The second kappa shape index (κ2) is 4.33. The van der Waals surface area contributed by atoms with Crippen LogP contribution >= 0.6 is 0 Å². The second-order valence-electron chi connectivity index (χ2n) is 4.99. The number of hydrogen-bond acceptors (Lipinski definition) is 1. The van der Waals surface area contributed by atoms with Crippen LogP contribution in [0.3, 0.4) is 0 Å². The maximum Gasteiger partial charge on any atom is 0.225 e. The van der Waals surface area contributed by atoms with Crippen molar-refractivity contribution in [3.63, 3.8) is 0 Å². The molecule has 80 valence electrons. The van der Waals surface area contributed by atoms with E-state index >= 15 is 0 Å². The van der Waals surface area contributed by atoms with E-state index in [9.17, 15) is 4.79 Å². The fourth-order valence-electron chi connectivity index (χ4n) is 2.70. The molecule has 2 heteroatoms. The summed E-state index contributed by atoms with van der Waals surface area (Å²) in [6, 6.07) is 0. The van der Waals surface area contributed by atoms with Gasteiger partial charge in [0.05, 0.1) is 0 Å². The minimum atomic E-state index is 0.365. The SMILES string of the molecule is CC1CCC(C(=O)N2CCCC2)CC1. The molecule has 0 aromatic rings. The summed E-state index contributed by atoms with van der Waals surface area (Å²) >= 11 is 0. The van der Waals surface area contributed by atoms with Crippen LogP contribution in [0.2, 0.25) is 0 Å². The summed E-state index contributed by atoms with van der Waals surface area (Å²) in [6.45, 7) is 4.34. The summed E-state index contributed by atoms with van der Waals surface area (Å²) in [4.78, 5) is 14.1. The number of carbonyl (C=O) groups excluding carboxylic acids is 1. The molecule has 0 aromatic heterocycles. The molecular formula is C12H21NO. The first-order valence-electron chi connectivity index (χ1n) is 6.06. The van der Waals surface area contributed by atoms with Gasteiger partial charge in [0.2, 0.25) is 5.91 Å². The van der Waals surface area contributed by atoms with Gasteiger partial charge in [0, 0.05) is 19.0 Å². The number of likely N-dealkylation sites (tertiary alicyclic amines) is 1. The van der Waals surface area contributed by atoms with Crippen molar-refractivity contribution in [3.8, 4) is 0 Å². The van der Waals surface area contributed by atoms with Gasteiger partial charge in [0.1, 0.15) is 0 Å².